The largest absolute Gasteiger partial charge is 0.489 e. The van der Waals surface area contributed by atoms with Gasteiger partial charge in [0.05, 0.1) is 24.9 Å². The zero-order chi connectivity index (χ0) is 23.7. The minimum atomic E-state index is -1.65. The summed E-state index contributed by atoms with van der Waals surface area (Å²) >= 11 is 0. The molecule has 1 saturated carbocycles. The predicted molar refractivity (Wildman–Crippen MR) is 130 cm³/mol. The summed E-state index contributed by atoms with van der Waals surface area (Å²) in [7, 11) is 1.37. The van der Waals surface area contributed by atoms with Crippen molar-refractivity contribution in [3.05, 3.63) is 53.6 Å². The van der Waals surface area contributed by atoms with E-state index in [9.17, 15) is 9.90 Å². The predicted octanol–water partition coefficient (Wildman–Crippen LogP) is 6.02. The van der Waals surface area contributed by atoms with E-state index in [0.717, 1.165) is 35.0 Å². The number of hydrogen-bond donors (Lipinski definition) is 1. The molecular weight excluding hydrogens is 433 g/mol. The summed E-state index contributed by atoms with van der Waals surface area (Å²) in [4.78, 5) is 12.4. The number of nitrogens with zero attached hydrogens (tertiary/aromatic N) is 1. The van der Waals surface area contributed by atoms with E-state index in [1.807, 2.05) is 42.5 Å². The molecule has 2 aliphatic rings. The third kappa shape index (κ3) is 4.09. The molecule has 180 valence electrons. The third-order valence-corrected chi connectivity index (χ3v) is 7.39. The molecule has 5 nitrogen and oxygen atoms in total. The van der Waals surface area contributed by atoms with Gasteiger partial charge in [-0.3, -0.25) is 0 Å². The number of fused-ring (bicyclic) bond motifs is 5. The first-order chi connectivity index (χ1) is 16.5. The molecule has 6 heteroatoms. The molecule has 1 fully saturated rings. The number of methoxy groups -OCH3 is 1. The average Bonchev–Trinajstić information content (AvgIpc) is 3.18. The monoisotopic (exact) mass is 465 g/mol. The Morgan fingerprint density at radius 1 is 1.21 bits per heavy atom. The minimum absolute atomic E-state index is 0.0681. The van der Waals surface area contributed by atoms with E-state index in [-0.39, 0.29) is 26.2 Å². The zero-order valence-corrected chi connectivity index (χ0v) is 19.7. The molecule has 1 aliphatic heterocycles. The smallest absolute Gasteiger partial charge is 0.337 e. The number of para-hydroxylation sites is 1. The quantitative estimate of drug-likeness (QED) is 0.469. The van der Waals surface area contributed by atoms with E-state index < -0.39 is 11.6 Å². The average molecular weight is 466 g/mol. The number of carbonyl (C=O) groups excluding carboxylic acids is 1. The third-order valence-electron chi connectivity index (χ3n) is 7.39. The number of aromatic nitrogens is 1. The van der Waals surface area contributed by atoms with E-state index in [0.29, 0.717) is 23.7 Å². The van der Waals surface area contributed by atoms with Gasteiger partial charge in [-0.25, -0.2) is 9.18 Å². The molecule has 2 heterocycles. The summed E-state index contributed by atoms with van der Waals surface area (Å²) in [5.41, 5.74) is 2.84. The molecule has 1 aliphatic carbocycles. The Kier molecular flexibility index (Phi) is 6.34. The van der Waals surface area contributed by atoms with Crippen molar-refractivity contribution in [1.29, 1.82) is 0 Å². The van der Waals surface area contributed by atoms with E-state index in [2.05, 4.69) is 4.57 Å². The number of esters is 1. The molecule has 1 atom stereocenters. The van der Waals surface area contributed by atoms with Crippen LogP contribution in [0.3, 0.4) is 0 Å². The molecule has 1 unspecified atom stereocenters. The first-order valence-electron chi connectivity index (χ1n) is 12.3. The van der Waals surface area contributed by atoms with Gasteiger partial charge in [0, 0.05) is 23.1 Å². The van der Waals surface area contributed by atoms with Gasteiger partial charge < -0.3 is 19.1 Å². The summed E-state index contributed by atoms with van der Waals surface area (Å²) in [6.45, 7) is -0.0511. The molecule has 0 radical (unpaired) electrons. The van der Waals surface area contributed by atoms with Gasteiger partial charge in [-0.1, -0.05) is 37.5 Å². The lowest BCUT2D eigenvalue weighted by molar-refractivity contribution is 0.0511. The lowest BCUT2D eigenvalue weighted by Gasteiger charge is -2.31. The summed E-state index contributed by atoms with van der Waals surface area (Å²) in [6, 6.07) is 13.5. The highest BCUT2D eigenvalue weighted by atomic mass is 19.1. The lowest BCUT2D eigenvalue weighted by atomic mass is 9.81. The van der Waals surface area contributed by atoms with Crippen LogP contribution in [0.5, 0.6) is 5.75 Å². The topological polar surface area (TPSA) is 60.7 Å². The highest BCUT2D eigenvalue weighted by Crippen LogP contribution is 2.48. The maximum absolute atomic E-state index is 16.3. The van der Waals surface area contributed by atoms with Gasteiger partial charge in [-0.2, -0.15) is 0 Å². The van der Waals surface area contributed by atoms with Crippen LogP contribution in [0, 0.1) is 0 Å². The zero-order valence-electron chi connectivity index (χ0n) is 19.7. The molecule has 2 aromatic carbocycles. The maximum Gasteiger partial charge on any atom is 0.337 e. The van der Waals surface area contributed by atoms with Crippen LogP contribution in [-0.4, -0.2) is 41.6 Å². The van der Waals surface area contributed by atoms with Gasteiger partial charge in [0.2, 0.25) is 0 Å². The molecular formula is C28H32FNO4. The first kappa shape index (κ1) is 22.9. The molecule has 1 N–H and O–H groups in total. The standard InChI is InChI=1S/C28H32FNO4/c1-33-27(32)20-12-13-21-23(16-20)30-17-28(29,14-7-15-31)18-34-24-11-6-5-10-22(24)26(30)25(21)19-8-3-2-4-9-19/h5-6,10-13,16,19,31H,2-4,7-9,14-15,17-18H2,1H3. The van der Waals surface area contributed by atoms with Crippen LogP contribution in [0.25, 0.3) is 22.2 Å². The van der Waals surface area contributed by atoms with Crippen molar-refractivity contribution in [1.82, 2.24) is 4.57 Å². The van der Waals surface area contributed by atoms with E-state index in [1.54, 1.807) is 0 Å². The second-order valence-electron chi connectivity index (χ2n) is 9.67. The Morgan fingerprint density at radius 2 is 2.00 bits per heavy atom. The van der Waals surface area contributed by atoms with Crippen LogP contribution >= 0.6 is 0 Å². The van der Waals surface area contributed by atoms with Crippen LogP contribution in [0.4, 0.5) is 4.39 Å². The second-order valence-corrected chi connectivity index (χ2v) is 9.67. The number of alkyl halides is 1. The van der Waals surface area contributed by atoms with Crippen molar-refractivity contribution in [3.8, 4) is 17.0 Å². The number of carbonyl (C=O) groups is 1. The number of benzene rings is 2. The van der Waals surface area contributed by atoms with Crippen LogP contribution in [0.1, 0.15) is 66.8 Å². The molecule has 0 bridgehead atoms. The Hall–Kier alpha value is -2.86. The van der Waals surface area contributed by atoms with Crippen LogP contribution in [0.15, 0.2) is 42.5 Å². The second kappa shape index (κ2) is 9.41. The summed E-state index contributed by atoms with van der Waals surface area (Å²) < 4.78 is 29.4. The van der Waals surface area contributed by atoms with Crippen molar-refractivity contribution in [2.45, 2.75) is 63.1 Å². The van der Waals surface area contributed by atoms with Crippen molar-refractivity contribution < 1.29 is 23.8 Å². The first-order valence-corrected chi connectivity index (χ1v) is 12.3. The number of aliphatic hydroxyl groups excluding tert-OH is 1. The van der Waals surface area contributed by atoms with E-state index in [1.165, 1.54) is 31.9 Å². The minimum Gasteiger partial charge on any atom is -0.489 e. The van der Waals surface area contributed by atoms with Crippen LogP contribution in [-0.2, 0) is 11.3 Å². The fourth-order valence-electron chi connectivity index (χ4n) is 5.75. The Labute approximate surface area is 199 Å². The normalized spacial score (nSPS) is 20.7. The highest BCUT2D eigenvalue weighted by molar-refractivity contribution is 5.99. The van der Waals surface area contributed by atoms with Crippen molar-refractivity contribution in [2.24, 2.45) is 0 Å². The van der Waals surface area contributed by atoms with Gasteiger partial charge in [0.15, 0.2) is 5.67 Å². The molecule has 1 aromatic heterocycles. The fourth-order valence-corrected chi connectivity index (χ4v) is 5.75. The number of aliphatic hydroxyl groups is 1. The maximum atomic E-state index is 16.3. The van der Waals surface area contributed by atoms with E-state index >= 15 is 4.39 Å². The summed E-state index contributed by atoms with van der Waals surface area (Å²) in [5, 5.41) is 10.5. The highest BCUT2D eigenvalue weighted by Gasteiger charge is 2.37. The SMILES string of the molecule is COC(=O)c1ccc2c(C3CCCCC3)c3n(c2c1)CC(F)(CCCO)COc1ccccc1-3. The van der Waals surface area contributed by atoms with Crippen molar-refractivity contribution >= 4 is 16.9 Å². The Balaban J connectivity index is 1.80. The molecule has 34 heavy (non-hydrogen) atoms. The van der Waals surface area contributed by atoms with E-state index in [4.69, 9.17) is 9.47 Å². The van der Waals surface area contributed by atoms with Gasteiger partial charge in [0.1, 0.15) is 12.4 Å². The van der Waals surface area contributed by atoms with Crippen molar-refractivity contribution in [2.75, 3.05) is 20.3 Å². The molecule has 3 aromatic rings. The van der Waals surface area contributed by atoms with Gasteiger partial charge >= 0.3 is 5.97 Å². The number of halogens is 1. The fraction of sp³-hybridized carbons (Fsp3) is 0.464. The van der Waals surface area contributed by atoms with Crippen LogP contribution < -0.4 is 4.74 Å². The molecule has 0 spiro atoms. The van der Waals surface area contributed by atoms with Gasteiger partial charge in [-0.15, -0.1) is 0 Å². The van der Waals surface area contributed by atoms with Crippen molar-refractivity contribution in [3.63, 3.8) is 0 Å². The Morgan fingerprint density at radius 3 is 2.76 bits per heavy atom. The Bertz CT molecular complexity index is 1200. The van der Waals surface area contributed by atoms with Gasteiger partial charge in [0.25, 0.3) is 0 Å². The lowest BCUT2D eigenvalue weighted by Crippen LogP contribution is -2.37. The summed E-state index contributed by atoms with van der Waals surface area (Å²) in [5.74, 6) is 0.635. The summed E-state index contributed by atoms with van der Waals surface area (Å²) in [6.07, 6.45) is 6.35. The van der Waals surface area contributed by atoms with Gasteiger partial charge in [-0.05, 0) is 61.4 Å². The molecule has 5 rings (SSSR count). The molecule has 0 saturated heterocycles. The number of rotatable bonds is 5. The number of hydrogen-bond acceptors (Lipinski definition) is 4. The molecule has 0 amide bonds. The van der Waals surface area contributed by atoms with Crippen LogP contribution in [0.2, 0.25) is 0 Å². The number of ether oxygens (including phenoxy) is 2.